The van der Waals surface area contributed by atoms with Crippen molar-refractivity contribution in [1.82, 2.24) is 5.43 Å². The Morgan fingerprint density at radius 2 is 2.09 bits per heavy atom. The van der Waals surface area contributed by atoms with E-state index in [9.17, 15) is 4.79 Å². The number of rotatable bonds is 8. The maximum Gasteiger partial charge on any atom is 0.281 e. The van der Waals surface area contributed by atoms with Crippen LogP contribution in [0.4, 0.5) is 0 Å². The van der Waals surface area contributed by atoms with Crippen molar-refractivity contribution in [2.24, 2.45) is 5.10 Å². The standard InChI is InChI=1S/C17H20N2O2S/c1-2-3-4-11-21-15-9-7-14(8-10-15)13-18-19-17(20)16-6-5-12-22-16/h5-10,12-13H,2-4,11H2,1H3,(H,19,20)/b18-13+. The Bertz CT molecular complexity index is 592. The fourth-order valence-corrected chi connectivity index (χ4v) is 2.43. The number of ether oxygens (including phenoxy) is 1. The van der Waals surface area contributed by atoms with Crippen LogP contribution in [0.3, 0.4) is 0 Å². The van der Waals surface area contributed by atoms with E-state index in [0.717, 1.165) is 24.3 Å². The Morgan fingerprint density at radius 3 is 2.77 bits per heavy atom. The van der Waals surface area contributed by atoms with E-state index < -0.39 is 0 Å². The van der Waals surface area contributed by atoms with Gasteiger partial charge in [-0.25, -0.2) is 5.43 Å². The first-order chi connectivity index (χ1) is 10.8. The summed E-state index contributed by atoms with van der Waals surface area (Å²) in [6.07, 6.45) is 5.07. The quantitative estimate of drug-likeness (QED) is 0.453. The molecule has 0 fully saturated rings. The summed E-state index contributed by atoms with van der Waals surface area (Å²) in [6, 6.07) is 11.2. The highest BCUT2D eigenvalue weighted by Crippen LogP contribution is 2.12. The number of nitrogens with one attached hydrogen (secondary N) is 1. The van der Waals surface area contributed by atoms with E-state index in [4.69, 9.17) is 4.74 Å². The van der Waals surface area contributed by atoms with Crippen molar-refractivity contribution in [2.45, 2.75) is 26.2 Å². The van der Waals surface area contributed by atoms with E-state index in [0.29, 0.717) is 4.88 Å². The van der Waals surface area contributed by atoms with E-state index in [1.54, 1.807) is 12.3 Å². The van der Waals surface area contributed by atoms with Crippen LogP contribution in [0.1, 0.15) is 41.4 Å². The van der Waals surface area contributed by atoms with Gasteiger partial charge in [0.25, 0.3) is 5.91 Å². The number of nitrogens with zero attached hydrogens (tertiary/aromatic N) is 1. The molecule has 0 saturated carbocycles. The lowest BCUT2D eigenvalue weighted by Crippen LogP contribution is -2.16. The minimum absolute atomic E-state index is 0.192. The molecule has 0 aliphatic heterocycles. The highest BCUT2D eigenvalue weighted by atomic mass is 32.1. The number of hydrogen-bond donors (Lipinski definition) is 1. The predicted molar refractivity (Wildman–Crippen MR) is 90.8 cm³/mol. The summed E-state index contributed by atoms with van der Waals surface area (Å²) in [4.78, 5) is 12.3. The maximum atomic E-state index is 11.7. The van der Waals surface area contributed by atoms with Gasteiger partial charge in [-0.15, -0.1) is 11.3 Å². The number of carbonyl (C=O) groups is 1. The lowest BCUT2D eigenvalue weighted by Gasteiger charge is -2.05. The molecule has 0 unspecified atom stereocenters. The Hall–Kier alpha value is -2.14. The monoisotopic (exact) mass is 316 g/mol. The molecule has 0 aliphatic rings. The van der Waals surface area contributed by atoms with E-state index in [-0.39, 0.29) is 5.91 Å². The molecule has 2 aromatic rings. The largest absolute Gasteiger partial charge is 0.494 e. The minimum atomic E-state index is -0.192. The molecule has 0 radical (unpaired) electrons. The summed E-state index contributed by atoms with van der Waals surface area (Å²) in [5.74, 6) is 0.665. The normalized spacial score (nSPS) is 10.8. The molecule has 1 amide bonds. The molecule has 2 rings (SSSR count). The first kappa shape index (κ1) is 16.2. The van der Waals surface area contributed by atoms with Crippen LogP contribution in [0.5, 0.6) is 5.75 Å². The summed E-state index contributed by atoms with van der Waals surface area (Å²) in [5.41, 5.74) is 3.42. The molecule has 22 heavy (non-hydrogen) atoms. The summed E-state index contributed by atoms with van der Waals surface area (Å²) < 4.78 is 5.64. The van der Waals surface area contributed by atoms with Crippen LogP contribution in [-0.4, -0.2) is 18.7 Å². The topological polar surface area (TPSA) is 50.7 Å². The van der Waals surface area contributed by atoms with Crippen molar-refractivity contribution in [3.63, 3.8) is 0 Å². The molecule has 0 spiro atoms. The summed E-state index contributed by atoms with van der Waals surface area (Å²) in [7, 11) is 0. The van der Waals surface area contributed by atoms with Gasteiger partial charge in [-0.1, -0.05) is 25.8 Å². The smallest absolute Gasteiger partial charge is 0.281 e. The van der Waals surface area contributed by atoms with Gasteiger partial charge in [0.1, 0.15) is 5.75 Å². The maximum absolute atomic E-state index is 11.7. The van der Waals surface area contributed by atoms with Crippen molar-refractivity contribution in [2.75, 3.05) is 6.61 Å². The van der Waals surface area contributed by atoms with Gasteiger partial charge in [-0.05, 0) is 47.7 Å². The number of hydrazone groups is 1. The SMILES string of the molecule is CCCCCOc1ccc(/C=N/NC(=O)c2cccs2)cc1. The van der Waals surface area contributed by atoms with Crippen LogP contribution >= 0.6 is 11.3 Å². The number of unbranched alkanes of at least 4 members (excludes halogenated alkanes) is 2. The van der Waals surface area contributed by atoms with Crippen LogP contribution in [0, 0.1) is 0 Å². The molecule has 1 heterocycles. The molecule has 4 nitrogen and oxygen atoms in total. The lowest BCUT2D eigenvalue weighted by molar-refractivity contribution is 0.0959. The molecule has 0 bridgehead atoms. The highest BCUT2D eigenvalue weighted by Gasteiger charge is 2.03. The fraction of sp³-hybridized carbons (Fsp3) is 0.294. The Balaban J connectivity index is 1.78. The van der Waals surface area contributed by atoms with E-state index >= 15 is 0 Å². The molecule has 1 aromatic carbocycles. The number of benzene rings is 1. The average molecular weight is 316 g/mol. The molecule has 0 saturated heterocycles. The lowest BCUT2D eigenvalue weighted by atomic mass is 10.2. The van der Waals surface area contributed by atoms with Crippen molar-refractivity contribution in [1.29, 1.82) is 0 Å². The number of carbonyl (C=O) groups excluding carboxylic acids is 1. The number of thiophene rings is 1. The number of amides is 1. The van der Waals surface area contributed by atoms with E-state index in [2.05, 4.69) is 17.5 Å². The fourth-order valence-electron chi connectivity index (χ4n) is 1.82. The van der Waals surface area contributed by atoms with Crippen molar-refractivity contribution < 1.29 is 9.53 Å². The van der Waals surface area contributed by atoms with Crippen LogP contribution < -0.4 is 10.2 Å². The second-order valence-corrected chi connectivity index (χ2v) is 5.75. The first-order valence-electron chi connectivity index (χ1n) is 7.39. The van der Waals surface area contributed by atoms with Crippen LogP contribution in [0.2, 0.25) is 0 Å². The van der Waals surface area contributed by atoms with Gasteiger partial charge in [-0.2, -0.15) is 5.10 Å². The van der Waals surface area contributed by atoms with Gasteiger partial charge < -0.3 is 4.74 Å². The predicted octanol–water partition coefficient (Wildman–Crippen LogP) is 4.08. The summed E-state index contributed by atoms with van der Waals surface area (Å²) in [5, 5.41) is 5.81. The first-order valence-corrected chi connectivity index (χ1v) is 8.27. The number of hydrogen-bond acceptors (Lipinski definition) is 4. The van der Waals surface area contributed by atoms with Crippen LogP contribution in [0.25, 0.3) is 0 Å². The Kier molecular flexibility index (Phi) is 6.64. The van der Waals surface area contributed by atoms with Crippen molar-refractivity contribution in [3.8, 4) is 5.75 Å². The van der Waals surface area contributed by atoms with Gasteiger partial charge in [0.05, 0.1) is 17.7 Å². The minimum Gasteiger partial charge on any atom is -0.494 e. The van der Waals surface area contributed by atoms with Crippen LogP contribution in [0.15, 0.2) is 46.9 Å². The molecule has 1 aromatic heterocycles. The van der Waals surface area contributed by atoms with Crippen molar-refractivity contribution >= 4 is 23.5 Å². The third-order valence-corrected chi connectivity index (χ3v) is 3.89. The van der Waals surface area contributed by atoms with Crippen LogP contribution in [-0.2, 0) is 0 Å². The molecule has 0 atom stereocenters. The van der Waals surface area contributed by atoms with Gasteiger partial charge in [0, 0.05) is 0 Å². The Labute approximate surface area is 134 Å². The van der Waals surface area contributed by atoms with E-state index in [1.165, 1.54) is 24.2 Å². The zero-order chi connectivity index (χ0) is 15.6. The third-order valence-electron chi connectivity index (χ3n) is 3.02. The third kappa shape index (κ3) is 5.33. The average Bonchev–Trinajstić information content (AvgIpc) is 3.07. The Morgan fingerprint density at radius 1 is 1.27 bits per heavy atom. The molecule has 5 heteroatoms. The zero-order valence-corrected chi connectivity index (χ0v) is 13.4. The van der Waals surface area contributed by atoms with Crippen molar-refractivity contribution in [3.05, 3.63) is 52.2 Å². The van der Waals surface area contributed by atoms with Gasteiger partial charge in [-0.3, -0.25) is 4.79 Å². The van der Waals surface area contributed by atoms with Gasteiger partial charge in [0.2, 0.25) is 0 Å². The molecule has 0 aliphatic carbocycles. The molecular weight excluding hydrogens is 296 g/mol. The summed E-state index contributed by atoms with van der Waals surface area (Å²) in [6.45, 7) is 2.92. The highest BCUT2D eigenvalue weighted by molar-refractivity contribution is 7.12. The second kappa shape index (κ2) is 9.00. The zero-order valence-electron chi connectivity index (χ0n) is 12.6. The van der Waals surface area contributed by atoms with Gasteiger partial charge >= 0.3 is 0 Å². The van der Waals surface area contributed by atoms with E-state index in [1.807, 2.05) is 35.7 Å². The second-order valence-electron chi connectivity index (χ2n) is 4.80. The molecule has 116 valence electrons. The van der Waals surface area contributed by atoms with Gasteiger partial charge in [0.15, 0.2) is 0 Å². The molecule has 1 N–H and O–H groups in total. The molecular formula is C17H20N2O2S. The summed E-state index contributed by atoms with van der Waals surface area (Å²) >= 11 is 1.39.